The predicted octanol–water partition coefficient (Wildman–Crippen LogP) is -0.335. The van der Waals surface area contributed by atoms with E-state index in [1.165, 1.54) is 0 Å². The molecule has 0 saturated carbocycles. The molecule has 1 aromatic rings. The molecule has 1 aromatic heterocycles. The highest BCUT2D eigenvalue weighted by Crippen LogP contribution is 2.17. The van der Waals surface area contributed by atoms with Crippen LogP contribution >= 0.6 is 11.3 Å². The second-order valence-corrected chi connectivity index (χ2v) is 7.36. The van der Waals surface area contributed by atoms with Crippen molar-refractivity contribution in [2.24, 2.45) is 4.99 Å². The molecule has 1 saturated heterocycles. The Labute approximate surface area is 165 Å². The average Bonchev–Trinajstić information content (AvgIpc) is 3.13. The first-order valence-electron chi connectivity index (χ1n) is 9.08. The second kappa shape index (κ2) is 11.1. The molecule has 0 atom stereocenters. The Morgan fingerprint density at radius 1 is 1.33 bits per heavy atom. The van der Waals surface area contributed by atoms with E-state index in [1.807, 2.05) is 19.0 Å². The van der Waals surface area contributed by atoms with E-state index in [1.54, 1.807) is 25.5 Å². The fraction of sp³-hybridized carbons (Fsp3) is 0.706. The lowest BCUT2D eigenvalue weighted by Gasteiger charge is -2.36. The Kier molecular flexibility index (Phi) is 8.76. The summed E-state index contributed by atoms with van der Waals surface area (Å²) in [5, 5.41) is 9.31. The van der Waals surface area contributed by atoms with Crippen LogP contribution in [0.25, 0.3) is 0 Å². The highest BCUT2D eigenvalue weighted by Gasteiger charge is 2.21. The molecule has 1 aliphatic rings. The van der Waals surface area contributed by atoms with Crippen LogP contribution in [0.5, 0.6) is 0 Å². The monoisotopic (exact) mass is 397 g/mol. The molecule has 2 N–H and O–H groups in total. The first-order valence-corrected chi connectivity index (χ1v) is 9.96. The fourth-order valence-corrected chi connectivity index (χ4v) is 3.51. The van der Waals surface area contributed by atoms with Gasteiger partial charge in [-0.2, -0.15) is 0 Å². The molecule has 2 rings (SSSR count). The Balaban J connectivity index is 1.73. The minimum atomic E-state index is 0.0447. The van der Waals surface area contributed by atoms with Gasteiger partial charge < -0.3 is 25.2 Å². The SMILES string of the molecule is CN=C(NCc1csc(N(C)C)n1)N1CCN(CC(=O)NCCOC)CC1. The molecule has 0 aromatic carbocycles. The van der Waals surface area contributed by atoms with E-state index in [9.17, 15) is 4.79 Å². The largest absolute Gasteiger partial charge is 0.383 e. The van der Waals surface area contributed by atoms with Gasteiger partial charge in [0.25, 0.3) is 0 Å². The van der Waals surface area contributed by atoms with Crippen molar-refractivity contribution < 1.29 is 9.53 Å². The number of carbonyl (C=O) groups excluding carboxylic acids is 1. The van der Waals surface area contributed by atoms with Gasteiger partial charge in [0.05, 0.1) is 25.4 Å². The summed E-state index contributed by atoms with van der Waals surface area (Å²) < 4.78 is 4.94. The summed E-state index contributed by atoms with van der Waals surface area (Å²) in [7, 11) is 7.41. The van der Waals surface area contributed by atoms with Gasteiger partial charge in [-0.25, -0.2) is 4.98 Å². The van der Waals surface area contributed by atoms with Crippen LogP contribution in [0.1, 0.15) is 5.69 Å². The molecule has 152 valence electrons. The number of aromatic nitrogens is 1. The van der Waals surface area contributed by atoms with E-state index >= 15 is 0 Å². The maximum absolute atomic E-state index is 11.9. The van der Waals surface area contributed by atoms with E-state index in [4.69, 9.17) is 4.74 Å². The summed E-state index contributed by atoms with van der Waals surface area (Å²) in [6.07, 6.45) is 0. The van der Waals surface area contributed by atoms with Gasteiger partial charge in [0.2, 0.25) is 5.91 Å². The van der Waals surface area contributed by atoms with Crippen LogP contribution in [0.4, 0.5) is 5.13 Å². The van der Waals surface area contributed by atoms with Gasteiger partial charge in [0.1, 0.15) is 0 Å². The molecule has 0 radical (unpaired) electrons. The molecule has 27 heavy (non-hydrogen) atoms. The molecule has 0 aliphatic carbocycles. The lowest BCUT2D eigenvalue weighted by atomic mass is 10.3. The van der Waals surface area contributed by atoms with Gasteiger partial charge in [0.15, 0.2) is 11.1 Å². The summed E-state index contributed by atoms with van der Waals surface area (Å²) in [5.41, 5.74) is 1.01. The van der Waals surface area contributed by atoms with Crippen molar-refractivity contribution in [3.8, 4) is 0 Å². The number of aliphatic imine (C=N–C) groups is 1. The lowest BCUT2D eigenvalue weighted by molar-refractivity contribution is -0.122. The standard InChI is InChI=1S/C17H31N7O2S/c1-18-16(20-11-14-13-27-17(21-14)22(2)3)24-8-6-23(7-9-24)12-15(25)19-5-10-26-4/h13H,5-12H2,1-4H3,(H,18,20)(H,19,25). The van der Waals surface area contributed by atoms with Gasteiger partial charge in [-0.15, -0.1) is 11.3 Å². The minimum Gasteiger partial charge on any atom is -0.383 e. The van der Waals surface area contributed by atoms with Crippen molar-refractivity contribution in [3.63, 3.8) is 0 Å². The summed E-state index contributed by atoms with van der Waals surface area (Å²) in [5.74, 6) is 0.918. The van der Waals surface area contributed by atoms with Crippen LogP contribution in [0, 0.1) is 0 Å². The van der Waals surface area contributed by atoms with Crippen LogP contribution in [-0.4, -0.2) is 101 Å². The highest BCUT2D eigenvalue weighted by molar-refractivity contribution is 7.13. The summed E-state index contributed by atoms with van der Waals surface area (Å²) in [6.45, 7) is 5.51. The number of rotatable bonds is 8. The van der Waals surface area contributed by atoms with E-state index in [0.29, 0.717) is 26.2 Å². The Hall–Kier alpha value is -1.91. The van der Waals surface area contributed by atoms with E-state index in [-0.39, 0.29) is 5.91 Å². The van der Waals surface area contributed by atoms with Crippen LogP contribution in [0.3, 0.4) is 0 Å². The van der Waals surface area contributed by atoms with Gasteiger partial charge in [-0.05, 0) is 0 Å². The molecular formula is C17H31N7O2S. The first-order chi connectivity index (χ1) is 13.0. The molecule has 0 bridgehead atoms. The van der Waals surface area contributed by atoms with Crippen LogP contribution in [0.2, 0.25) is 0 Å². The van der Waals surface area contributed by atoms with Gasteiger partial charge in [-0.3, -0.25) is 14.7 Å². The highest BCUT2D eigenvalue weighted by atomic mass is 32.1. The second-order valence-electron chi connectivity index (χ2n) is 6.52. The zero-order chi connectivity index (χ0) is 19.6. The third kappa shape index (κ3) is 6.96. The number of thiazole rings is 1. The van der Waals surface area contributed by atoms with Gasteiger partial charge in [0, 0.05) is 66.4 Å². The number of nitrogens with zero attached hydrogens (tertiary/aromatic N) is 5. The van der Waals surface area contributed by atoms with Crippen molar-refractivity contribution >= 4 is 28.3 Å². The van der Waals surface area contributed by atoms with Crippen LogP contribution in [0.15, 0.2) is 10.4 Å². The topological polar surface area (TPSA) is 85.3 Å². The first kappa shape index (κ1) is 21.4. The van der Waals surface area contributed by atoms with Crippen molar-refractivity contribution in [2.75, 3.05) is 79.0 Å². The zero-order valence-corrected chi connectivity index (χ0v) is 17.5. The predicted molar refractivity (Wildman–Crippen MR) is 110 cm³/mol. The van der Waals surface area contributed by atoms with Crippen molar-refractivity contribution in [1.29, 1.82) is 0 Å². The van der Waals surface area contributed by atoms with Crippen molar-refractivity contribution in [2.45, 2.75) is 6.54 Å². The number of anilines is 1. The van der Waals surface area contributed by atoms with Crippen LogP contribution < -0.4 is 15.5 Å². The Morgan fingerprint density at radius 2 is 2.07 bits per heavy atom. The molecule has 1 aliphatic heterocycles. The lowest BCUT2D eigenvalue weighted by Crippen LogP contribution is -2.54. The van der Waals surface area contributed by atoms with Crippen molar-refractivity contribution in [3.05, 3.63) is 11.1 Å². The zero-order valence-electron chi connectivity index (χ0n) is 16.7. The normalized spacial score (nSPS) is 15.7. The number of piperazine rings is 1. The number of nitrogens with one attached hydrogen (secondary N) is 2. The fourth-order valence-electron chi connectivity index (χ4n) is 2.75. The minimum absolute atomic E-state index is 0.0447. The number of methoxy groups -OCH3 is 1. The molecule has 0 spiro atoms. The maximum atomic E-state index is 11.9. The van der Waals surface area contributed by atoms with Crippen molar-refractivity contribution in [1.82, 2.24) is 25.4 Å². The average molecular weight is 398 g/mol. The number of hydrogen-bond donors (Lipinski definition) is 2. The number of carbonyl (C=O) groups is 1. The number of amides is 1. The van der Waals surface area contributed by atoms with Gasteiger partial charge >= 0.3 is 0 Å². The molecule has 10 heteroatoms. The smallest absolute Gasteiger partial charge is 0.234 e. The third-order valence-electron chi connectivity index (χ3n) is 4.23. The molecular weight excluding hydrogens is 366 g/mol. The number of ether oxygens (including phenoxy) is 1. The molecule has 1 amide bonds. The Morgan fingerprint density at radius 3 is 2.67 bits per heavy atom. The van der Waals surface area contributed by atoms with E-state index in [0.717, 1.165) is 43.0 Å². The van der Waals surface area contributed by atoms with Crippen LogP contribution in [-0.2, 0) is 16.1 Å². The number of hydrogen-bond acceptors (Lipinski definition) is 7. The molecule has 1 fully saturated rings. The van der Waals surface area contributed by atoms with E-state index in [2.05, 4.69) is 35.8 Å². The summed E-state index contributed by atoms with van der Waals surface area (Å²) >= 11 is 1.63. The maximum Gasteiger partial charge on any atom is 0.234 e. The van der Waals surface area contributed by atoms with E-state index < -0.39 is 0 Å². The number of guanidine groups is 1. The quantitative estimate of drug-likeness (QED) is 0.353. The summed E-state index contributed by atoms with van der Waals surface area (Å²) in [6, 6.07) is 0. The Bertz CT molecular complexity index is 612. The van der Waals surface area contributed by atoms with Gasteiger partial charge in [-0.1, -0.05) is 0 Å². The summed E-state index contributed by atoms with van der Waals surface area (Å²) in [4.78, 5) is 27.3. The molecule has 9 nitrogen and oxygen atoms in total. The molecule has 2 heterocycles. The molecule has 0 unspecified atom stereocenters. The third-order valence-corrected chi connectivity index (χ3v) is 5.29.